The molecule has 0 unspecified atom stereocenters. The van der Waals surface area contributed by atoms with Gasteiger partial charge in [-0.05, 0) is 36.6 Å². The smallest absolute Gasteiger partial charge is 0.305 e. The molecule has 0 atom stereocenters. The third-order valence-corrected chi connectivity index (χ3v) is 2.68. The van der Waals surface area contributed by atoms with E-state index in [9.17, 15) is 4.79 Å². The fourth-order valence-electron chi connectivity index (χ4n) is 1.71. The lowest BCUT2D eigenvalue weighted by Gasteiger charge is -2.00. The van der Waals surface area contributed by atoms with Crippen LogP contribution in [0.1, 0.15) is 17.5 Å². The van der Waals surface area contributed by atoms with Crippen LogP contribution >= 0.6 is 0 Å². The predicted octanol–water partition coefficient (Wildman–Crippen LogP) is 2.85. The molecule has 0 amide bonds. The number of ether oxygens (including phenoxy) is 1. The van der Waals surface area contributed by atoms with Crippen molar-refractivity contribution in [1.82, 2.24) is 0 Å². The summed E-state index contributed by atoms with van der Waals surface area (Å²) in [6, 6.07) is 5.99. The van der Waals surface area contributed by atoms with Gasteiger partial charge in [0.15, 0.2) is 0 Å². The zero-order chi connectivity index (χ0) is 11.5. The molecule has 1 aromatic heterocycles. The molecule has 1 heterocycles. The number of carbonyl (C=O) groups excluding carboxylic acids is 1. The number of fused-ring (bicyclic) bond motifs is 1. The van der Waals surface area contributed by atoms with E-state index in [1.54, 1.807) is 6.26 Å². The summed E-state index contributed by atoms with van der Waals surface area (Å²) in [6.45, 7) is 2.01. The van der Waals surface area contributed by atoms with E-state index in [1.165, 1.54) is 7.11 Å². The van der Waals surface area contributed by atoms with Crippen molar-refractivity contribution < 1.29 is 13.9 Å². The van der Waals surface area contributed by atoms with Gasteiger partial charge >= 0.3 is 5.97 Å². The monoisotopic (exact) mass is 218 g/mol. The van der Waals surface area contributed by atoms with Gasteiger partial charge in [0, 0.05) is 11.8 Å². The predicted molar refractivity (Wildman–Crippen MR) is 61.3 cm³/mol. The van der Waals surface area contributed by atoms with Crippen molar-refractivity contribution in [2.45, 2.75) is 19.8 Å². The minimum Gasteiger partial charge on any atom is -0.469 e. The van der Waals surface area contributed by atoms with Crippen LogP contribution < -0.4 is 0 Å². The van der Waals surface area contributed by atoms with Gasteiger partial charge in [-0.15, -0.1) is 0 Å². The van der Waals surface area contributed by atoms with Gasteiger partial charge in [0.1, 0.15) is 5.58 Å². The van der Waals surface area contributed by atoms with Crippen LogP contribution in [0.3, 0.4) is 0 Å². The molecule has 0 N–H and O–H groups in total. The standard InChI is InChI=1S/C13H14O3/c1-9-8-16-12-5-3-10(7-11(9)12)4-6-13(14)15-2/h3,5,7-8H,4,6H2,1-2H3. The van der Waals surface area contributed by atoms with Gasteiger partial charge < -0.3 is 9.15 Å². The lowest BCUT2D eigenvalue weighted by atomic mass is 10.1. The minimum absolute atomic E-state index is 0.177. The molecular formula is C13H14O3. The largest absolute Gasteiger partial charge is 0.469 e. The molecule has 0 fully saturated rings. The molecule has 0 aliphatic heterocycles. The normalized spacial score (nSPS) is 10.6. The van der Waals surface area contributed by atoms with Crippen molar-refractivity contribution in [2.24, 2.45) is 0 Å². The van der Waals surface area contributed by atoms with Gasteiger partial charge in [0.05, 0.1) is 13.4 Å². The number of furan rings is 1. The van der Waals surface area contributed by atoms with E-state index in [0.717, 1.165) is 22.1 Å². The number of rotatable bonds is 3. The SMILES string of the molecule is COC(=O)CCc1ccc2occ(C)c2c1. The summed E-state index contributed by atoms with van der Waals surface area (Å²) in [5.41, 5.74) is 3.14. The van der Waals surface area contributed by atoms with Crippen molar-refractivity contribution in [1.29, 1.82) is 0 Å². The van der Waals surface area contributed by atoms with Crippen LogP contribution in [-0.4, -0.2) is 13.1 Å². The molecule has 2 aromatic rings. The molecule has 0 saturated heterocycles. The second-order valence-corrected chi connectivity index (χ2v) is 3.83. The van der Waals surface area contributed by atoms with E-state index < -0.39 is 0 Å². The van der Waals surface area contributed by atoms with E-state index >= 15 is 0 Å². The lowest BCUT2D eigenvalue weighted by Crippen LogP contribution is -2.01. The van der Waals surface area contributed by atoms with Crippen molar-refractivity contribution in [3.8, 4) is 0 Å². The summed E-state index contributed by atoms with van der Waals surface area (Å²) >= 11 is 0. The van der Waals surface area contributed by atoms with Gasteiger partial charge in [-0.25, -0.2) is 0 Å². The third kappa shape index (κ3) is 2.08. The Balaban J connectivity index is 2.19. The quantitative estimate of drug-likeness (QED) is 0.743. The number of esters is 1. The average molecular weight is 218 g/mol. The first kappa shape index (κ1) is 10.7. The third-order valence-electron chi connectivity index (χ3n) is 2.68. The highest BCUT2D eigenvalue weighted by molar-refractivity contribution is 5.81. The number of hydrogen-bond donors (Lipinski definition) is 0. The van der Waals surface area contributed by atoms with E-state index in [4.69, 9.17) is 4.42 Å². The molecule has 2 rings (SSSR count). The Kier molecular flexibility index (Phi) is 2.95. The van der Waals surface area contributed by atoms with Crippen molar-refractivity contribution in [3.63, 3.8) is 0 Å². The Hall–Kier alpha value is -1.77. The molecule has 0 saturated carbocycles. The maximum atomic E-state index is 11.0. The molecule has 1 aromatic carbocycles. The Morgan fingerprint density at radius 1 is 1.44 bits per heavy atom. The number of hydrogen-bond acceptors (Lipinski definition) is 3. The first-order valence-electron chi connectivity index (χ1n) is 5.24. The Morgan fingerprint density at radius 3 is 3.00 bits per heavy atom. The first-order chi connectivity index (χ1) is 7.70. The Morgan fingerprint density at radius 2 is 2.25 bits per heavy atom. The average Bonchev–Trinajstić information content (AvgIpc) is 2.68. The maximum Gasteiger partial charge on any atom is 0.305 e. The highest BCUT2D eigenvalue weighted by atomic mass is 16.5. The first-order valence-corrected chi connectivity index (χ1v) is 5.24. The minimum atomic E-state index is -0.177. The fraction of sp³-hybridized carbons (Fsp3) is 0.308. The van der Waals surface area contributed by atoms with E-state index in [1.807, 2.05) is 19.1 Å². The van der Waals surface area contributed by atoms with Crippen LogP contribution in [-0.2, 0) is 16.0 Å². The second kappa shape index (κ2) is 4.39. The summed E-state index contributed by atoms with van der Waals surface area (Å²) < 4.78 is 9.97. The number of benzene rings is 1. The van der Waals surface area contributed by atoms with Crippen LogP contribution in [0.25, 0.3) is 11.0 Å². The van der Waals surface area contributed by atoms with Crippen LogP contribution in [0.5, 0.6) is 0 Å². The fourth-order valence-corrected chi connectivity index (χ4v) is 1.71. The summed E-state index contributed by atoms with van der Waals surface area (Å²) in [6.07, 6.45) is 2.86. The van der Waals surface area contributed by atoms with Crippen LogP contribution in [0.4, 0.5) is 0 Å². The molecule has 0 bridgehead atoms. The molecule has 0 radical (unpaired) electrons. The molecule has 3 nitrogen and oxygen atoms in total. The van der Waals surface area contributed by atoms with Crippen LogP contribution in [0.2, 0.25) is 0 Å². The molecular weight excluding hydrogens is 204 g/mol. The zero-order valence-electron chi connectivity index (χ0n) is 9.45. The van der Waals surface area contributed by atoms with E-state index in [-0.39, 0.29) is 5.97 Å². The van der Waals surface area contributed by atoms with Gasteiger partial charge in [0.25, 0.3) is 0 Å². The zero-order valence-corrected chi connectivity index (χ0v) is 9.45. The van der Waals surface area contributed by atoms with E-state index in [0.29, 0.717) is 12.8 Å². The van der Waals surface area contributed by atoms with Gasteiger partial charge in [-0.3, -0.25) is 4.79 Å². The van der Waals surface area contributed by atoms with E-state index in [2.05, 4.69) is 10.8 Å². The molecule has 0 spiro atoms. The summed E-state index contributed by atoms with van der Waals surface area (Å²) in [5.74, 6) is -0.177. The number of methoxy groups -OCH3 is 1. The van der Waals surface area contributed by atoms with Gasteiger partial charge in [-0.1, -0.05) is 6.07 Å². The molecule has 0 aliphatic rings. The highest BCUT2D eigenvalue weighted by Gasteiger charge is 2.05. The van der Waals surface area contributed by atoms with Gasteiger partial charge in [0.2, 0.25) is 0 Å². The lowest BCUT2D eigenvalue weighted by molar-refractivity contribution is -0.140. The summed E-state index contributed by atoms with van der Waals surface area (Å²) in [5, 5.41) is 1.11. The maximum absolute atomic E-state index is 11.0. The van der Waals surface area contributed by atoms with Crippen molar-refractivity contribution in [2.75, 3.05) is 7.11 Å². The number of carbonyl (C=O) groups is 1. The summed E-state index contributed by atoms with van der Waals surface area (Å²) in [4.78, 5) is 11.0. The van der Waals surface area contributed by atoms with Crippen molar-refractivity contribution >= 4 is 16.9 Å². The molecule has 0 aliphatic carbocycles. The molecule has 16 heavy (non-hydrogen) atoms. The van der Waals surface area contributed by atoms with Crippen LogP contribution in [0.15, 0.2) is 28.9 Å². The molecule has 84 valence electrons. The van der Waals surface area contributed by atoms with Crippen molar-refractivity contribution in [3.05, 3.63) is 35.6 Å². The highest BCUT2D eigenvalue weighted by Crippen LogP contribution is 2.22. The topological polar surface area (TPSA) is 39.4 Å². The Labute approximate surface area is 94.0 Å². The van der Waals surface area contributed by atoms with Crippen LogP contribution in [0, 0.1) is 6.92 Å². The molecule has 3 heteroatoms. The number of aryl methyl sites for hydroxylation is 2. The van der Waals surface area contributed by atoms with Gasteiger partial charge in [-0.2, -0.15) is 0 Å². The summed E-state index contributed by atoms with van der Waals surface area (Å²) in [7, 11) is 1.41. The Bertz CT molecular complexity index is 511. The second-order valence-electron chi connectivity index (χ2n) is 3.83.